The van der Waals surface area contributed by atoms with Crippen LogP contribution in [0.5, 0.6) is 5.75 Å². The average molecular weight is 337 g/mol. The number of aromatic amines is 1. The van der Waals surface area contributed by atoms with Crippen LogP contribution >= 0.6 is 24.0 Å². The molecule has 0 spiro atoms. The summed E-state index contributed by atoms with van der Waals surface area (Å²) in [5, 5.41) is 1.65. The second-order valence-electron chi connectivity index (χ2n) is 4.93. The minimum absolute atomic E-state index is 0. The summed E-state index contributed by atoms with van der Waals surface area (Å²) in [6.45, 7) is 1.10. The number of hydrogen-bond donors (Lipinski definition) is 2. The van der Waals surface area contributed by atoms with E-state index in [9.17, 15) is 0 Å². The molecule has 0 amide bonds. The normalized spacial score (nSPS) is 10.5. The van der Waals surface area contributed by atoms with Gasteiger partial charge in [0.25, 0.3) is 0 Å². The molecular formula is C17H18Cl2N2O. The van der Waals surface area contributed by atoms with E-state index >= 15 is 0 Å². The number of nitrogens with one attached hydrogen (secondary N) is 1. The lowest BCUT2D eigenvalue weighted by Gasteiger charge is -2.09. The second-order valence-corrected chi connectivity index (χ2v) is 5.31. The number of aromatic nitrogens is 1. The van der Waals surface area contributed by atoms with Gasteiger partial charge in [0, 0.05) is 17.1 Å². The summed E-state index contributed by atoms with van der Waals surface area (Å²) in [6, 6.07) is 13.9. The van der Waals surface area contributed by atoms with Crippen molar-refractivity contribution in [3.8, 4) is 5.75 Å². The van der Waals surface area contributed by atoms with E-state index in [2.05, 4.69) is 4.98 Å². The van der Waals surface area contributed by atoms with Crippen LogP contribution in [0.25, 0.3) is 10.9 Å². The first kappa shape index (κ1) is 16.7. The molecule has 3 N–H and O–H groups in total. The third-order valence-corrected chi connectivity index (χ3v) is 3.86. The Labute approximate surface area is 140 Å². The van der Waals surface area contributed by atoms with Gasteiger partial charge in [-0.25, -0.2) is 0 Å². The first-order valence-electron chi connectivity index (χ1n) is 6.95. The summed E-state index contributed by atoms with van der Waals surface area (Å²) < 4.78 is 5.86. The van der Waals surface area contributed by atoms with Crippen LogP contribution in [0.4, 0.5) is 0 Å². The average Bonchev–Trinajstić information content (AvgIpc) is 2.92. The van der Waals surface area contributed by atoms with Crippen LogP contribution in [0, 0.1) is 0 Å². The fourth-order valence-corrected chi connectivity index (χ4v) is 2.77. The maximum atomic E-state index is 6.50. The molecule has 22 heavy (non-hydrogen) atoms. The molecule has 0 aliphatic heterocycles. The summed E-state index contributed by atoms with van der Waals surface area (Å²) >= 11 is 6.50. The van der Waals surface area contributed by atoms with Gasteiger partial charge in [0.15, 0.2) is 0 Å². The minimum Gasteiger partial charge on any atom is -0.487 e. The van der Waals surface area contributed by atoms with Gasteiger partial charge in [-0.15, -0.1) is 12.4 Å². The van der Waals surface area contributed by atoms with E-state index in [0.717, 1.165) is 28.5 Å². The Morgan fingerprint density at radius 2 is 1.86 bits per heavy atom. The van der Waals surface area contributed by atoms with Gasteiger partial charge in [-0.2, -0.15) is 0 Å². The van der Waals surface area contributed by atoms with Crippen molar-refractivity contribution < 1.29 is 4.74 Å². The number of H-pyrrole nitrogens is 1. The van der Waals surface area contributed by atoms with Gasteiger partial charge in [-0.05, 0) is 36.2 Å². The van der Waals surface area contributed by atoms with Gasteiger partial charge in [-0.1, -0.05) is 41.9 Å². The van der Waals surface area contributed by atoms with Crippen molar-refractivity contribution in [2.75, 3.05) is 6.54 Å². The molecule has 0 unspecified atom stereocenters. The largest absolute Gasteiger partial charge is 0.487 e. The number of ether oxygens (including phenoxy) is 1. The van der Waals surface area contributed by atoms with Gasteiger partial charge >= 0.3 is 0 Å². The van der Waals surface area contributed by atoms with E-state index in [0.29, 0.717) is 23.9 Å². The Morgan fingerprint density at radius 3 is 2.59 bits per heavy atom. The predicted molar refractivity (Wildman–Crippen MR) is 94.1 cm³/mol. The standard InChI is InChI=1S/C17H17ClN2O.ClH/c18-17-15(21-11-12-4-2-1-3-5-12)7-6-14-16(17)13(8-9-19)10-20-14;/h1-7,10,20H,8-9,11,19H2;1H. The summed E-state index contributed by atoms with van der Waals surface area (Å²) in [5.41, 5.74) is 8.90. The van der Waals surface area contributed by atoms with E-state index in [1.165, 1.54) is 0 Å². The highest BCUT2D eigenvalue weighted by atomic mass is 35.5. The Kier molecular flexibility index (Phi) is 5.72. The molecule has 3 rings (SSSR count). The van der Waals surface area contributed by atoms with Crippen LogP contribution in [-0.2, 0) is 13.0 Å². The van der Waals surface area contributed by atoms with E-state index in [1.807, 2.05) is 48.7 Å². The molecule has 0 radical (unpaired) electrons. The zero-order valence-corrected chi connectivity index (χ0v) is 13.6. The molecule has 1 heterocycles. The SMILES string of the molecule is Cl.NCCc1c[nH]c2ccc(OCc3ccccc3)c(Cl)c12. The highest BCUT2D eigenvalue weighted by Gasteiger charge is 2.12. The molecule has 0 saturated heterocycles. The Bertz CT molecular complexity index is 741. The summed E-state index contributed by atoms with van der Waals surface area (Å²) in [7, 11) is 0. The highest BCUT2D eigenvalue weighted by Crippen LogP contribution is 2.35. The lowest BCUT2D eigenvalue weighted by atomic mass is 10.1. The maximum Gasteiger partial charge on any atom is 0.139 e. The summed E-state index contributed by atoms with van der Waals surface area (Å²) in [6.07, 6.45) is 2.76. The topological polar surface area (TPSA) is 51.0 Å². The third-order valence-electron chi connectivity index (χ3n) is 3.48. The number of fused-ring (bicyclic) bond motifs is 1. The van der Waals surface area contributed by atoms with Crippen molar-refractivity contribution in [2.24, 2.45) is 5.73 Å². The Balaban J connectivity index is 0.00000176. The molecule has 3 aromatic rings. The number of hydrogen-bond acceptors (Lipinski definition) is 2. The molecule has 0 saturated carbocycles. The smallest absolute Gasteiger partial charge is 0.139 e. The first-order valence-corrected chi connectivity index (χ1v) is 7.32. The summed E-state index contributed by atoms with van der Waals surface area (Å²) in [4.78, 5) is 3.22. The van der Waals surface area contributed by atoms with E-state index in [1.54, 1.807) is 0 Å². The lowest BCUT2D eigenvalue weighted by Crippen LogP contribution is -2.02. The molecular weight excluding hydrogens is 319 g/mol. The third kappa shape index (κ3) is 3.38. The first-order chi connectivity index (χ1) is 10.3. The van der Waals surface area contributed by atoms with Crippen LogP contribution < -0.4 is 10.5 Å². The molecule has 5 heteroatoms. The molecule has 116 valence electrons. The molecule has 2 aromatic carbocycles. The Morgan fingerprint density at radius 1 is 1.09 bits per heavy atom. The van der Waals surface area contributed by atoms with Crippen LogP contribution in [0.2, 0.25) is 5.02 Å². The van der Waals surface area contributed by atoms with E-state index in [-0.39, 0.29) is 12.4 Å². The van der Waals surface area contributed by atoms with E-state index in [4.69, 9.17) is 22.1 Å². The van der Waals surface area contributed by atoms with Crippen LogP contribution in [-0.4, -0.2) is 11.5 Å². The zero-order valence-electron chi connectivity index (χ0n) is 12.0. The van der Waals surface area contributed by atoms with Crippen molar-refractivity contribution in [1.82, 2.24) is 4.98 Å². The number of nitrogens with two attached hydrogens (primary N) is 1. The quantitative estimate of drug-likeness (QED) is 0.728. The van der Waals surface area contributed by atoms with Crippen molar-refractivity contribution in [3.05, 3.63) is 64.8 Å². The molecule has 0 aliphatic carbocycles. The van der Waals surface area contributed by atoms with Gasteiger partial charge in [-0.3, -0.25) is 0 Å². The highest BCUT2D eigenvalue weighted by molar-refractivity contribution is 6.37. The molecule has 0 aliphatic rings. The molecule has 0 fully saturated rings. The second kappa shape index (κ2) is 7.54. The number of benzene rings is 2. The molecule has 1 aromatic heterocycles. The van der Waals surface area contributed by atoms with Crippen LogP contribution in [0.3, 0.4) is 0 Å². The van der Waals surface area contributed by atoms with Crippen molar-refractivity contribution in [3.63, 3.8) is 0 Å². The molecule has 0 bridgehead atoms. The zero-order chi connectivity index (χ0) is 14.7. The van der Waals surface area contributed by atoms with Crippen molar-refractivity contribution in [2.45, 2.75) is 13.0 Å². The number of halogens is 2. The molecule has 3 nitrogen and oxygen atoms in total. The van der Waals surface area contributed by atoms with E-state index < -0.39 is 0 Å². The maximum absolute atomic E-state index is 6.50. The minimum atomic E-state index is 0. The van der Waals surface area contributed by atoms with Gasteiger partial charge < -0.3 is 15.5 Å². The van der Waals surface area contributed by atoms with Gasteiger partial charge in [0.2, 0.25) is 0 Å². The van der Waals surface area contributed by atoms with Gasteiger partial charge in [0.05, 0.1) is 5.02 Å². The number of rotatable bonds is 5. The lowest BCUT2D eigenvalue weighted by molar-refractivity contribution is 0.307. The van der Waals surface area contributed by atoms with Crippen LogP contribution in [0.15, 0.2) is 48.7 Å². The van der Waals surface area contributed by atoms with Crippen molar-refractivity contribution >= 4 is 34.9 Å². The molecule has 0 atom stereocenters. The summed E-state index contributed by atoms with van der Waals surface area (Å²) in [5.74, 6) is 0.700. The Hall–Kier alpha value is -1.68. The van der Waals surface area contributed by atoms with Gasteiger partial charge in [0.1, 0.15) is 12.4 Å². The fourth-order valence-electron chi connectivity index (χ4n) is 2.43. The van der Waals surface area contributed by atoms with Crippen LogP contribution in [0.1, 0.15) is 11.1 Å². The fraction of sp³-hybridized carbons (Fsp3) is 0.176. The van der Waals surface area contributed by atoms with Crippen molar-refractivity contribution in [1.29, 1.82) is 0 Å². The predicted octanol–water partition coefficient (Wildman–Crippen LogP) is 4.32. The monoisotopic (exact) mass is 336 g/mol.